The number of hydrogen-bond donors (Lipinski definition) is 1. The minimum absolute atomic E-state index is 0.157. The van der Waals surface area contributed by atoms with Crippen molar-refractivity contribution in [1.29, 1.82) is 0 Å². The molecule has 38 heavy (non-hydrogen) atoms. The molecular weight excluding hydrogens is 501 g/mol. The van der Waals surface area contributed by atoms with Crippen LogP contribution in [0.25, 0.3) is 11.1 Å². The van der Waals surface area contributed by atoms with Gasteiger partial charge < -0.3 is 19.5 Å². The number of rotatable bonds is 6. The third-order valence-electron chi connectivity index (χ3n) is 7.20. The average molecular weight is 537 g/mol. The minimum Gasteiger partial charge on any atom is -0.475 e. The highest BCUT2D eigenvalue weighted by atomic mass is 19.4. The molecule has 5 rings (SSSR count). The van der Waals surface area contributed by atoms with E-state index in [0.29, 0.717) is 12.0 Å². The van der Waals surface area contributed by atoms with E-state index < -0.39 is 12.1 Å². The van der Waals surface area contributed by atoms with Crippen molar-refractivity contribution in [3.05, 3.63) is 30.4 Å². The van der Waals surface area contributed by atoms with Crippen LogP contribution in [-0.4, -0.2) is 92.8 Å². The summed E-state index contributed by atoms with van der Waals surface area (Å²) in [4.78, 5) is 38.3. The summed E-state index contributed by atoms with van der Waals surface area (Å²) in [6.07, 6.45) is 5.83. The fourth-order valence-electron chi connectivity index (χ4n) is 4.73. The van der Waals surface area contributed by atoms with Crippen LogP contribution in [0.4, 0.5) is 19.1 Å². The van der Waals surface area contributed by atoms with Gasteiger partial charge in [0.15, 0.2) is 0 Å². The van der Waals surface area contributed by atoms with Gasteiger partial charge in [-0.15, -0.1) is 0 Å². The van der Waals surface area contributed by atoms with Gasteiger partial charge in [0.2, 0.25) is 5.95 Å². The molecule has 3 aliphatic rings. The van der Waals surface area contributed by atoms with E-state index in [0.717, 1.165) is 68.6 Å². The van der Waals surface area contributed by atoms with Gasteiger partial charge in [-0.3, -0.25) is 9.69 Å². The number of alkyl halides is 3. The molecule has 1 amide bonds. The number of carbonyl (C=O) groups is 2. The average Bonchev–Trinajstić information content (AvgIpc) is 3.36. The summed E-state index contributed by atoms with van der Waals surface area (Å²) in [5.41, 5.74) is 2.83. The third kappa shape index (κ3) is 7.03. The first-order chi connectivity index (χ1) is 18.0. The van der Waals surface area contributed by atoms with Crippen LogP contribution in [-0.2, 0) is 11.3 Å². The second-order valence-corrected chi connectivity index (χ2v) is 10.4. The molecule has 9 nitrogen and oxygen atoms in total. The number of hydrogen-bond acceptors (Lipinski definition) is 6. The molecule has 2 aromatic heterocycles. The molecule has 0 atom stereocenters. The van der Waals surface area contributed by atoms with Gasteiger partial charge >= 0.3 is 12.1 Å². The largest absolute Gasteiger partial charge is 0.490 e. The molecule has 1 saturated carbocycles. The maximum atomic E-state index is 13.4. The number of amides is 1. The SMILES string of the molecule is CC(C)N1CCN(C(=O)c2cc(-c3cnc(N4CCCC4)nc3)cn2CC2CC2)CC1.O=C(O)C(F)(F)F. The Morgan fingerprint density at radius 3 is 2.08 bits per heavy atom. The number of carboxylic acid groups (broad SMARTS) is 1. The molecule has 4 heterocycles. The fraction of sp³-hybridized carbons (Fsp3) is 0.615. The minimum atomic E-state index is -5.08. The Labute approximate surface area is 220 Å². The van der Waals surface area contributed by atoms with Crippen molar-refractivity contribution in [3.63, 3.8) is 0 Å². The monoisotopic (exact) mass is 536 g/mol. The molecule has 0 radical (unpaired) electrons. The molecule has 0 unspecified atom stereocenters. The number of nitrogens with zero attached hydrogens (tertiary/aromatic N) is 6. The van der Waals surface area contributed by atoms with Crippen LogP contribution in [0.5, 0.6) is 0 Å². The van der Waals surface area contributed by atoms with E-state index in [1.54, 1.807) is 0 Å². The van der Waals surface area contributed by atoms with Crippen molar-refractivity contribution in [3.8, 4) is 11.1 Å². The van der Waals surface area contributed by atoms with Crippen LogP contribution in [0.15, 0.2) is 24.7 Å². The zero-order valence-electron chi connectivity index (χ0n) is 21.8. The summed E-state index contributed by atoms with van der Waals surface area (Å²) in [6, 6.07) is 2.58. The highest BCUT2D eigenvalue weighted by Crippen LogP contribution is 2.33. The van der Waals surface area contributed by atoms with Gasteiger partial charge in [0.1, 0.15) is 5.69 Å². The zero-order valence-corrected chi connectivity index (χ0v) is 21.8. The molecule has 1 N–H and O–H groups in total. The molecule has 0 bridgehead atoms. The van der Waals surface area contributed by atoms with E-state index in [9.17, 15) is 18.0 Å². The van der Waals surface area contributed by atoms with Gasteiger partial charge in [0.05, 0.1) is 0 Å². The predicted molar refractivity (Wildman–Crippen MR) is 136 cm³/mol. The van der Waals surface area contributed by atoms with Crippen LogP contribution in [0.1, 0.15) is 50.0 Å². The maximum absolute atomic E-state index is 13.4. The highest BCUT2D eigenvalue weighted by Gasteiger charge is 2.38. The molecule has 2 aliphatic heterocycles. The summed E-state index contributed by atoms with van der Waals surface area (Å²) in [7, 11) is 0. The van der Waals surface area contributed by atoms with Crippen LogP contribution in [0, 0.1) is 5.92 Å². The smallest absolute Gasteiger partial charge is 0.475 e. The normalized spacial score (nSPS) is 18.5. The second-order valence-electron chi connectivity index (χ2n) is 10.4. The quantitative estimate of drug-likeness (QED) is 0.601. The highest BCUT2D eigenvalue weighted by molar-refractivity contribution is 5.94. The maximum Gasteiger partial charge on any atom is 0.490 e. The Morgan fingerprint density at radius 1 is 1.00 bits per heavy atom. The van der Waals surface area contributed by atoms with E-state index >= 15 is 0 Å². The Balaban J connectivity index is 0.000000426. The first-order valence-corrected chi connectivity index (χ1v) is 13.1. The van der Waals surface area contributed by atoms with Gasteiger partial charge in [-0.2, -0.15) is 13.2 Å². The molecule has 0 spiro atoms. The number of piperazine rings is 1. The number of carbonyl (C=O) groups excluding carboxylic acids is 1. The Morgan fingerprint density at radius 2 is 1.58 bits per heavy atom. The van der Waals surface area contributed by atoms with Crippen LogP contribution < -0.4 is 4.90 Å². The molecule has 1 aliphatic carbocycles. The summed E-state index contributed by atoms with van der Waals surface area (Å²) < 4.78 is 33.9. The predicted octanol–water partition coefficient (Wildman–Crippen LogP) is 3.75. The van der Waals surface area contributed by atoms with Crippen LogP contribution in [0.2, 0.25) is 0 Å². The lowest BCUT2D eigenvalue weighted by Crippen LogP contribution is -2.51. The summed E-state index contributed by atoms with van der Waals surface area (Å²) >= 11 is 0. The van der Waals surface area contributed by atoms with E-state index in [4.69, 9.17) is 9.90 Å². The van der Waals surface area contributed by atoms with Crippen LogP contribution in [0.3, 0.4) is 0 Å². The molecule has 2 aromatic rings. The topological polar surface area (TPSA) is 94.8 Å². The van der Waals surface area contributed by atoms with Crippen molar-refractivity contribution < 1.29 is 27.9 Å². The first-order valence-electron chi connectivity index (χ1n) is 13.1. The fourth-order valence-corrected chi connectivity index (χ4v) is 4.73. The van der Waals surface area contributed by atoms with Gasteiger partial charge in [0.25, 0.3) is 5.91 Å². The molecule has 12 heteroatoms. The summed E-state index contributed by atoms with van der Waals surface area (Å²) in [5, 5.41) is 7.12. The molecule has 2 saturated heterocycles. The lowest BCUT2D eigenvalue weighted by molar-refractivity contribution is -0.192. The molecule has 208 valence electrons. The Bertz CT molecular complexity index is 1100. The van der Waals surface area contributed by atoms with Crippen molar-refractivity contribution in [2.24, 2.45) is 5.92 Å². The molecular formula is C26H35F3N6O3. The van der Waals surface area contributed by atoms with Gasteiger partial charge in [-0.05, 0) is 51.5 Å². The van der Waals surface area contributed by atoms with E-state index in [1.807, 2.05) is 23.4 Å². The number of aliphatic carboxylic acids is 1. The lowest BCUT2D eigenvalue weighted by Gasteiger charge is -2.37. The lowest BCUT2D eigenvalue weighted by atomic mass is 10.1. The molecule has 0 aromatic carbocycles. The van der Waals surface area contributed by atoms with E-state index in [1.165, 1.54) is 25.7 Å². The van der Waals surface area contributed by atoms with Gasteiger partial charge in [0, 0.05) is 81.6 Å². The van der Waals surface area contributed by atoms with Gasteiger partial charge in [-0.25, -0.2) is 14.8 Å². The van der Waals surface area contributed by atoms with Crippen molar-refractivity contribution in [2.45, 2.75) is 58.3 Å². The summed E-state index contributed by atoms with van der Waals surface area (Å²) in [5.74, 6) is -1.08. The third-order valence-corrected chi connectivity index (χ3v) is 7.20. The van der Waals surface area contributed by atoms with Crippen LogP contribution >= 0.6 is 0 Å². The standard InChI is InChI=1S/C24H34N6O.C2HF3O2/c1-18(2)27-9-11-28(12-10-27)23(31)22-13-20(17-30(22)16-19-5-6-19)21-14-25-24(26-15-21)29-7-3-4-8-29;3-2(4,5)1(6)7/h13-15,17-19H,3-12,16H2,1-2H3;(H,6,7). The first kappa shape index (κ1) is 27.9. The van der Waals surface area contributed by atoms with Crippen molar-refractivity contribution >= 4 is 17.8 Å². The van der Waals surface area contributed by atoms with Crippen molar-refractivity contribution in [2.75, 3.05) is 44.2 Å². The Kier molecular flexibility index (Phi) is 8.59. The van der Waals surface area contributed by atoms with Gasteiger partial charge in [-0.1, -0.05) is 0 Å². The second kappa shape index (κ2) is 11.7. The summed E-state index contributed by atoms with van der Waals surface area (Å²) in [6.45, 7) is 11.0. The van der Waals surface area contributed by atoms with E-state index in [-0.39, 0.29) is 5.91 Å². The number of carboxylic acids is 1. The van der Waals surface area contributed by atoms with E-state index in [2.05, 4.69) is 44.4 Å². The molecule has 3 fully saturated rings. The number of halogens is 3. The number of aromatic nitrogens is 3. The zero-order chi connectivity index (χ0) is 27.4. The van der Waals surface area contributed by atoms with Crippen molar-refractivity contribution in [1.82, 2.24) is 24.3 Å². The Hall–Kier alpha value is -3.15. The number of anilines is 1.